The maximum absolute atomic E-state index is 11.6. The molecule has 0 aliphatic carbocycles. The summed E-state index contributed by atoms with van der Waals surface area (Å²) in [5, 5.41) is 6.17. The van der Waals surface area contributed by atoms with E-state index in [0.717, 1.165) is 11.7 Å². The molecule has 0 spiro atoms. The maximum Gasteiger partial charge on any atom is 0.269 e. The topological polar surface area (TPSA) is 57.3 Å². The quantitative estimate of drug-likeness (QED) is 0.876. The van der Waals surface area contributed by atoms with Crippen molar-refractivity contribution in [3.63, 3.8) is 0 Å². The average Bonchev–Trinajstić information content (AvgIpc) is 2.94. The fourth-order valence-corrected chi connectivity index (χ4v) is 3.36. The number of carbonyl (C=O) groups excluding carboxylic acids is 1. The van der Waals surface area contributed by atoms with Crippen molar-refractivity contribution in [2.24, 2.45) is 0 Å². The molecule has 2 saturated heterocycles. The Morgan fingerprint density at radius 1 is 1.40 bits per heavy atom. The summed E-state index contributed by atoms with van der Waals surface area (Å²) >= 11 is 0. The van der Waals surface area contributed by atoms with Gasteiger partial charge in [-0.1, -0.05) is 0 Å². The van der Waals surface area contributed by atoms with Crippen LogP contribution in [0.4, 0.5) is 5.69 Å². The van der Waals surface area contributed by atoms with Crippen molar-refractivity contribution in [3.05, 3.63) is 24.0 Å². The lowest BCUT2D eigenvalue weighted by molar-refractivity contribution is 0.0958. The van der Waals surface area contributed by atoms with E-state index in [0.29, 0.717) is 11.7 Å². The normalized spacial score (nSPS) is 26.1. The SMILES string of the molecule is CNC(=O)c1cc(NC2CCN3CCCC3C2)ccn1. The van der Waals surface area contributed by atoms with Gasteiger partial charge in [-0.2, -0.15) is 0 Å². The van der Waals surface area contributed by atoms with E-state index in [-0.39, 0.29) is 5.91 Å². The molecule has 2 aliphatic rings. The first kappa shape index (κ1) is 13.4. The number of piperidine rings is 1. The second-order valence-electron chi connectivity index (χ2n) is 5.71. The minimum absolute atomic E-state index is 0.140. The molecule has 2 fully saturated rings. The number of fused-ring (bicyclic) bond motifs is 1. The van der Waals surface area contributed by atoms with Gasteiger partial charge in [0.1, 0.15) is 5.69 Å². The van der Waals surface area contributed by atoms with E-state index in [9.17, 15) is 4.79 Å². The van der Waals surface area contributed by atoms with Crippen molar-refractivity contribution in [1.82, 2.24) is 15.2 Å². The number of anilines is 1. The highest BCUT2D eigenvalue weighted by molar-refractivity contribution is 5.92. The molecule has 3 heterocycles. The van der Waals surface area contributed by atoms with Crippen molar-refractivity contribution >= 4 is 11.6 Å². The largest absolute Gasteiger partial charge is 0.382 e. The van der Waals surface area contributed by atoms with Crippen LogP contribution in [0.5, 0.6) is 0 Å². The summed E-state index contributed by atoms with van der Waals surface area (Å²) in [6, 6.07) is 5.03. The molecule has 1 amide bonds. The van der Waals surface area contributed by atoms with Crippen molar-refractivity contribution in [3.8, 4) is 0 Å². The van der Waals surface area contributed by atoms with Gasteiger partial charge in [-0.05, 0) is 44.4 Å². The van der Waals surface area contributed by atoms with E-state index >= 15 is 0 Å². The summed E-state index contributed by atoms with van der Waals surface area (Å²) in [6.45, 7) is 2.46. The number of rotatable bonds is 3. The van der Waals surface area contributed by atoms with Gasteiger partial charge in [0.15, 0.2) is 0 Å². The Morgan fingerprint density at radius 3 is 3.15 bits per heavy atom. The third-order valence-electron chi connectivity index (χ3n) is 4.41. The summed E-state index contributed by atoms with van der Waals surface area (Å²) in [6.07, 6.45) is 6.74. The number of hydrogen-bond donors (Lipinski definition) is 2. The molecule has 5 nitrogen and oxygen atoms in total. The number of pyridine rings is 1. The summed E-state index contributed by atoms with van der Waals surface area (Å²) in [5.74, 6) is -0.140. The van der Waals surface area contributed by atoms with Gasteiger partial charge in [-0.15, -0.1) is 0 Å². The van der Waals surface area contributed by atoms with Crippen molar-refractivity contribution < 1.29 is 4.79 Å². The fraction of sp³-hybridized carbons (Fsp3) is 0.600. The zero-order valence-corrected chi connectivity index (χ0v) is 11.9. The van der Waals surface area contributed by atoms with Crippen LogP contribution in [-0.4, -0.2) is 48.0 Å². The number of nitrogens with one attached hydrogen (secondary N) is 2. The second-order valence-corrected chi connectivity index (χ2v) is 5.71. The third-order valence-corrected chi connectivity index (χ3v) is 4.41. The van der Waals surface area contributed by atoms with Crippen molar-refractivity contribution in [2.45, 2.75) is 37.8 Å². The fourth-order valence-electron chi connectivity index (χ4n) is 3.36. The van der Waals surface area contributed by atoms with Crippen molar-refractivity contribution in [1.29, 1.82) is 0 Å². The van der Waals surface area contributed by atoms with E-state index in [1.165, 1.54) is 38.8 Å². The molecule has 1 aromatic rings. The van der Waals surface area contributed by atoms with Crippen LogP contribution >= 0.6 is 0 Å². The molecule has 3 rings (SSSR count). The molecule has 0 radical (unpaired) electrons. The molecule has 2 atom stereocenters. The van der Waals surface area contributed by atoms with Gasteiger partial charge in [-0.3, -0.25) is 9.78 Å². The summed E-state index contributed by atoms with van der Waals surface area (Å²) in [5.41, 5.74) is 1.46. The first-order valence-corrected chi connectivity index (χ1v) is 7.45. The lowest BCUT2D eigenvalue weighted by Crippen LogP contribution is -2.42. The maximum atomic E-state index is 11.6. The number of nitrogens with zero attached hydrogens (tertiary/aromatic N) is 2. The van der Waals surface area contributed by atoms with Crippen LogP contribution in [0.2, 0.25) is 0 Å². The first-order chi connectivity index (χ1) is 9.76. The van der Waals surface area contributed by atoms with Gasteiger partial charge >= 0.3 is 0 Å². The Bertz CT molecular complexity index is 491. The van der Waals surface area contributed by atoms with Gasteiger partial charge in [0.05, 0.1) is 0 Å². The van der Waals surface area contributed by atoms with Crippen LogP contribution in [0.1, 0.15) is 36.2 Å². The zero-order valence-electron chi connectivity index (χ0n) is 11.9. The van der Waals surface area contributed by atoms with E-state index in [2.05, 4.69) is 20.5 Å². The van der Waals surface area contributed by atoms with E-state index in [1.807, 2.05) is 12.1 Å². The van der Waals surface area contributed by atoms with Gasteiger partial charge < -0.3 is 15.5 Å². The Hall–Kier alpha value is -1.62. The number of hydrogen-bond acceptors (Lipinski definition) is 4. The minimum Gasteiger partial charge on any atom is -0.382 e. The van der Waals surface area contributed by atoms with Gasteiger partial charge in [0.2, 0.25) is 0 Å². The molecule has 5 heteroatoms. The Balaban J connectivity index is 1.64. The number of carbonyl (C=O) groups is 1. The zero-order chi connectivity index (χ0) is 13.9. The van der Waals surface area contributed by atoms with Gasteiger partial charge in [0.25, 0.3) is 5.91 Å². The molecular weight excluding hydrogens is 252 g/mol. The van der Waals surface area contributed by atoms with Crippen LogP contribution in [0.3, 0.4) is 0 Å². The lowest BCUT2D eigenvalue weighted by atomic mass is 9.97. The predicted molar refractivity (Wildman–Crippen MR) is 78.9 cm³/mol. The lowest BCUT2D eigenvalue weighted by Gasteiger charge is -2.35. The monoisotopic (exact) mass is 274 g/mol. The molecule has 2 unspecified atom stereocenters. The Kier molecular flexibility index (Phi) is 3.87. The smallest absolute Gasteiger partial charge is 0.269 e. The summed E-state index contributed by atoms with van der Waals surface area (Å²) in [4.78, 5) is 18.3. The molecule has 0 saturated carbocycles. The highest BCUT2D eigenvalue weighted by Gasteiger charge is 2.31. The Morgan fingerprint density at radius 2 is 2.30 bits per heavy atom. The molecule has 2 N–H and O–H groups in total. The van der Waals surface area contributed by atoms with Crippen LogP contribution in [0.15, 0.2) is 18.3 Å². The highest BCUT2D eigenvalue weighted by atomic mass is 16.1. The summed E-state index contributed by atoms with van der Waals surface area (Å²) < 4.78 is 0. The second kappa shape index (κ2) is 5.79. The van der Waals surface area contributed by atoms with Gasteiger partial charge in [-0.25, -0.2) is 0 Å². The van der Waals surface area contributed by atoms with Crippen LogP contribution < -0.4 is 10.6 Å². The molecule has 1 aromatic heterocycles. The van der Waals surface area contributed by atoms with E-state index < -0.39 is 0 Å². The van der Waals surface area contributed by atoms with Crippen LogP contribution in [0, 0.1) is 0 Å². The minimum atomic E-state index is -0.140. The molecule has 20 heavy (non-hydrogen) atoms. The predicted octanol–water partition coefficient (Wildman–Crippen LogP) is 1.48. The van der Waals surface area contributed by atoms with E-state index in [4.69, 9.17) is 0 Å². The first-order valence-electron chi connectivity index (χ1n) is 7.45. The van der Waals surface area contributed by atoms with Crippen molar-refractivity contribution in [2.75, 3.05) is 25.5 Å². The number of amides is 1. The highest BCUT2D eigenvalue weighted by Crippen LogP contribution is 2.28. The van der Waals surface area contributed by atoms with Crippen LogP contribution in [0.25, 0.3) is 0 Å². The average molecular weight is 274 g/mol. The van der Waals surface area contributed by atoms with Gasteiger partial charge in [0, 0.05) is 37.6 Å². The molecule has 108 valence electrons. The van der Waals surface area contributed by atoms with Crippen LogP contribution in [-0.2, 0) is 0 Å². The molecule has 0 bridgehead atoms. The standard InChI is InChI=1S/C15H22N4O/c1-16-15(20)14-10-11(4-6-17-14)18-12-5-8-19-7-2-3-13(19)9-12/h4,6,10,12-13H,2-3,5,7-9H2,1H3,(H,16,20)(H,17,18). The molecule has 0 aromatic carbocycles. The molecular formula is C15H22N4O. The molecule has 2 aliphatic heterocycles. The van der Waals surface area contributed by atoms with E-state index in [1.54, 1.807) is 13.2 Å². The number of aromatic nitrogens is 1. The third kappa shape index (κ3) is 2.77. The Labute approximate surface area is 119 Å². The summed E-state index contributed by atoms with van der Waals surface area (Å²) in [7, 11) is 1.62.